The number of nitrogens with zero attached hydrogens (tertiary/aromatic N) is 3. The van der Waals surface area contributed by atoms with E-state index in [1.165, 1.54) is 10.4 Å². The van der Waals surface area contributed by atoms with Crippen molar-refractivity contribution < 1.29 is 17.9 Å². The molecule has 2 heterocycles. The van der Waals surface area contributed by atoms with Gasteiger partial charge in [0.25, 0.3) is 0 Å². The fourth-order valence-corrected chi connectivity index (χ4v) is 5.60. The molecule has 1 fully saturated rings. The Kier molecular flexibility index (Phi) is 11.7. The molecular weight excluding hydrogens is 500 g/mol. The van der Waals surface area contributed by atoms with Crippen LogP contribution in [0.5, 0.6) is 0 Å². The second kappa shape index (κ2) is 14.9. The number of carbonyl (C=O) groups is 1. The smallest absolute Gasteiger partial charge is 0.243 e. The van der Waals surface area contributed by atoms with Crippen LogP contribution in [0, 0.1) is 0 Å². The average Bonchev–Trinajstić information content (AvgIpc) is 2.89. The van der Waals surface area contributed by atoms with Gasteiger partial charge in [0, 0.05) is 56.2 Å². The SMILES string of the molecule is O=C(/C=C/c1cccnc1)NCCCCCCS(=O)(=O)N(CCN1CCOCC1)c1ccc(Cl)cc1. The van der Waals surface area contributed by atoms with Crippen molar-refractivity contribution in [2.24, 2.45) is 0 Å². The number of benzene rings is 1. The van der Waals surface area contributed by atoms with Gasteiger partial charge in [-0.3, -0.25) is 19.0 Å². The number of anilines is 1. The van der Waals surface area contributed by atoms with Crippen molar-refractivity contribution in [3.8, 4) is 0 Å². The fraction of sp³-hybridized carbons (Fsp3) is 0.462. The minimum absolute atomic E-state index is 0.0823. The van der Waals surface area contributed by atoms with Gasteiger partial charge in [0.1, 0.15) is 0 Å². The Morgan fingerprint density at radius 3 is 2.58 bits per heavy atom. The van der Waals surface area contributed by atoms with Crippen molar-refractivity contribution in [3.05, 3.63) is 65.5 Å². The Hall–Kier alpha value is -2.46. The first-order valence-electron chi connectivity index (χ1n) is 12.4. The third kappa shape index (κ3) is 9.89. The second-order valence-corrected chi connectivity index (χ2v) is 11.1. The molecule has 196 valence electrons. The van der Waals surface area contributed by atoms with E-state index in [0.29, 0.717) is 50.0 Å². The summed E-state index contributed by atoms with van der Waals surface area (Å²) in [6, 6.07) is 10.6. The number of nitrogens with one attached hydrogen (secondary N) is 1. The monoisotopic (exact) mass is 534 g/mol. The molecule has 0 saturated carbocycles. The zero-order valence-corrected chi connectivity index (χ0v) is 22.1. The highest BCUT2D eigenvalue weighted by Crippen LogP contribution is 2.22. The zero-order chi connectivity index (χ0) is 25.6. The molecule has 2 aromatic rings. The number of unbranched alkanes of at least 4 members (excludes halogenated alkanes) is 3. The number of ether oxygens (including phenoxy) is 1. The third-order valence-electron chi connectivity index (χ3n) is 5.91. The summed E-state index contributed by atoms with van der Waals surface area (Å²) in [5.41, 5.74) is 1.50. The number of halogens is 1. The Bertz CT molecular complexity index is 1060. The summed E-state index contributed by atoms with van der Waals surface area (Å²) in [6.07, 6.45) is 9.57. The number of hydrogen-bond donors (Lipinski definition) is 1. The van der Waals surface area contributed by atoms with Crippen LogP contribution in [0.25, 0.3) is 6.08 Å². The van der Waals surface area contributed by atoms with Gasteiger partial charge < -0.3 is 10.1 Å². The summed E-state index contributed by atoms with van der Waals surface area (Å²) >= 11 is 6.02. The van der Waals surface area contributed by atoms with E-state index in [-0.39, 0.29) is 11.7 Å². The maximum Gasteiger partial charge on any atom is 0.243 e. The van der Waals surface area contributed by atoms with Crippen LogP contribution in [-0.4, -0.2) is 75.9 Å². The molecule has 0 radical (unpaired) electrons. The van der Waals surface area contributed by atoms with Gasteiger partial charge >= 0.3 is 0 Å². The molecule has 1 amide bonds. The number of sulfonamides is 1. The van der Waals surface area contributed by atoms with Gasteiger partial charge in [-0.2, -0.15) is 0 Å². The van der Waals surface area contributed by atoms with Gasteiger partial charge in [-0.25, -0.2) is 8.42 Å². The molecule has 0 spiro atoms. The molecule has 3 rings (SSSR count). The highest BCUT2D eigenvalue weighted by atomic mass is 35.5. The van der Waals surface area contributed by atoms with Crippen molar-refractivity contribution in [2.75, 3.05) is 56.0 Å². The Morgan fingerprint density at radius 1 is 1.11 bits per heavy atom. The number of aromatic nitrogens is 1. The lowest BCUT2D eigenvalue weighted by Crippen LogP contribution is -2.43. The van der Waals surface area contributed by atoms with Gasteiger partial charge in [0.2, 0.25) is 15.9 Å². The molecule has 1 aliphatic heterocycles. The summed E-state index contributed by atoms with van der Waals surface area (Å²) in [5, 5.41) is 3.43. The van der Waals surface area contributed by atoms with Crippen LogP contribution >= 0.6 is 11.6 Å². The van der Waals surface area contributed by atoms with E-state index in [1.54, 1.807) is 42.7 Å². The lowest BCUT2D eigenvalue weighted by molar-refractivity contribution is -0.116. The van der Waals surface area contributed by atoms with Gasteiger partial charge in [0.15, 0.2) is 0 Å². The normalized spacial score (nSPS) is 14.7. The maximum absolute atomic E-state index is 13.2. The van der Waals surface area contributed by atoms with Crippen molar-refractivity contribution in [2.45, 2.75) is 25.7 Å². The second-order valence-electron chi connectivity index (χ2n) is 8.64. The van der Waals surface area contributed by atoms with Crippen molar-refractivity contribution in [1.29, 1.82) is 0 Å². The quantitative estimate of drug-likeness (QED) is 0.294. The largest absolute Gasteiger partial charge is 0.379 e. The summed E-state index contributed by atoms with van der Waals surface area (Å²) < 4.78 is 33.4. The van der Waals surface area contributed by atoms with Crippen LogP contribution in [0.3, 0.4) is 0 Å². The summed E-state index contributed by atoms with van der Waals surface area (Å²) in [5.74, 6) is -0.0702. The van der Waals surface area contributed by atoms with E-state index in [2.05, 4.69) is 15.2 Å². The molecule has 8 nitrogen and oxygen atoms in total. The Labute approximate surface area is 219 Å². The van der Waals surface area contributed by atoms with Crippen LogP contribution < -0.4 is 9.62 Å². The van der Waals surface area contributed by atoms with Crippen LogP contribution in [0.15, 0.2) is 54.9 Å². The molecule has 0 unspecified atom stereocenters. The van der Waals surface area contributed by atoms with Crippen LogP contribution in [0.1, 0.15) is 31.2 Å². The molecule has 36 heavy (non-hydrogen) atoms. The number of pyridine rings is 1. The Morgan fingerprint density at radius 2 is 1.86 bits per heavy atom. The topological polar surface area (TPSA) is 91.8 Å². The van der Waals surface area contributed by atoms with E-state index in [9.17, 15) is 13.2 Å². The highest BCUT2D eigenvalue weighted by molar-refractivity contribution is 7.92. The van der Waals surface area contributed by atoms with Crippen molar-refractivity contribution in [3.63, 3.8) is 0 Å². The van der Waals surface area contributed by atoms with Crippen LogP contribution in [-0.2, 0) is 19.6 Å². The molecule has 0 atom stereocenters. The molecular formula is C26H35ClN4O4S. The number of carbonyl (C=O) groups excluding carboxylic acids is 1. The van der Waals surface area contributed by atoms with E-state index in [1.807, 2.05) is 12.1 Å². The molecule has 0 bridgehead atoms. The first-order chi connectivity index (χ1) is 17.4. The molecule has 0 aliphatic carbocycles. The minimum atomic E-state index is -3.48. The Balaban J connectivity index is 1.40. The number of amides is 1. The molecule has 1 aromatic heterocycles. The minimum Gasteiger partial charge on any atom is -0.379 e. The van der Waals surface area contributed by atoms with Gasteiger partial charge in [-0.1, -0.05) is 30.5 Å². The van der Waals surface area contributed by atoms with E-state index in [4.69, 9.17) is 16.3 Å². The fourth-order valence-electron chi connectivity index (χ4n) is 3.88. The van der Waals surface area contributed by atoms with Gasteiger partial charge in [0.05, 0.1) is 24.7 Å². The van der Waals surface area contributed by atoms with Crippen LogP contribution in [0.2, 0.25) is 5.02 Å². The maximum atomic E-state index is 13.2. The van der Waals surface area contributed by atoms with Crippen molar-refractivity contribution in [1.82, 2.24) is 15.2 Å². The lowest BCUT2D eigenvalue weighted by Gasteiger charge is -2.30. The van der Waals surface area contributed by atoms with E-state index >= 15 is 0 Å². The first kappa shape index (κ1) is 28.1. The summed E-state index contributed by atoms with van der Waals surface area (Å²) in [4.78, 5) is 18.2. The van der Waals surface area contributed by atoms with Gasteiger partial charge in [-0.05, 0) is 54.8 Å². The predicted octanol–water partition coefficient (Wildman–Crippen LogP) is 3.59. The molecule has 1 saturated heterocycles. The molecule has 1 aliphatic rings. The predicted molar refractivity (Wildman–Crippen MR) is 145 cm³/mol. The summed E-state index contributed by atoms with van der Waals surface area (Å²) in [6.45, 7) is 4.57. The van der Waals surface area contributed by atoms with Crippen LogP contribution in [0.4, 0.5) is 5.69 Å². The lowest BCUT2D eigenvalue weighted by atomic mass is 10.2. The number of rotatable bonds is 14. The summed E-state index contributed by atoms with van der Waals surface area (Å²) in [7, 11) is -3.48. The number of hydrogen-bond acceptors (Lipinski definition) is 6. The molecule has 10 heteroatoms. The van der Waals surface area contributed by atoms with E-state index in [0.717, 1.165) is 37.9 Å². The number of morpholine rings is 1. The first-order valence-corrected chi connectivity index (χ1v) is 14.3. The van der Waals surface area contributed by atoms with Crippen molar-refractivity contribution >= 4 is 39.3 Å². The molecule has 1 aromatic carbocycles. The van der Waals surface area contributed by atoms with Gasteiger partial charge in [-0.15, -0.1) is 0 Å². The van der Waals surface area contributed by atoms with E-state index < -0.39 is 10.0 Å². The zero-order valence-electron chi connectivity index (χ0n) is 20.5. The average molecular weight is 535 g/mol. The molecule has 1 N–H and O–H groups in total. The highest BCUT2D eigenvalue weighted by Gasteiger charge is 2.23. The standard InChI is InChI=1S/C26H35ClN4O4S/c27-24-8-10-25(11-9-24)31(16-15-30-17-19-35-20-18-30)36(33,34)21-4-2-1-3-14-29-26(32)12-7-23-6-5-13-28-22-23/h5-13,22H,1-4,14-21H2,(H,29,32)/b12-7+. The third-order valence-corrected chi connectivity index (χ3v) is 8.03.